The number of hydrogen-bond donors (Lipinski definition) is 1. The summed E-state index contributed by atoms with van der Waals surface area (Å²) in [5.74, 6) is 2.60. The van der Waals surface area contributed by atoms with Gasteiger partial charge < -0.3 is 10.5 Å². The Hall–Kier alpha value is -1.30. The minimum Gasteiger partial charge on any atom is -0.375 e. The smallest absolute Gasteiger partial charge is 0.0721 e. The Bertz CT molecular complexity index is 365. The molecule has 1 aliphatic rings. The SMILES string of the molecule is C#Cc1ccc2c(c1)[C@H](N)COC2. The van der Waals surface area contributed by atoms with E-state index in [1.165, 1.54) is 0 Å². The van der Waals surface area contributed by atoms with E-state index in [9.17, 15) is 0 Å². The Morgan fingerprint density at radius 2 is 2.38 bits per heavy atom. The van der Waals surface area contributed by atoms with E-state index in [0.29, 0.717) is 13.2 Å². The normalized spacial score (nSPS) is 20.5. The molecular formula is C11H11NO. The van der Waals surface area contributed by atoms with Crippen molar-refractivity contribution in [2.75, 3.05) is 6.61 Å². The Kier molecular flexibility index (Phi) is 2.05. The Labute approximate surface area is 77.7 Å². The van der Waals surface area contributed by atoms with E-state index in [-0.39, 0.29) is 6.04 Å². The standard InChI is InChI=1S/C11H11NO/c1-2-8-3-4-9-6-13-7-11(12)10(9)5-8/h1,3-5,11H,6-7,12H2/t11-/m1/s1. The second-order valence-electron chi connectivity index (χ2n) is 3.18. The van der Waals surface area contributed by atoms with Crippen LogP contribution in [0.25, 0.3) is 0 Å². The van der Waals surface area contributed by atoms with Gasteiger partial charge >= 0.3 is 0 Å². The molecule has 0 spiro atoms. The molecule has 0 fully saturated rings. The largest absolute Gasteiger partial charge is 0.375 e. The fraction of sp³-hybridized carbons (Fsp3) is 0.273. The highest BCUT2D eigenvalue weighted by atomic mass is 16.5. The molecule has 2 rings (SSSR count). The van der Waals surface area contributed by atoms with Gasteiger partial charge in [-0.15, -0.1) is 6.42 Å². The monoisotopic (exact) mass is 173 g/mol. The van der Waals surface area contributed by atoms with E-state index in [4.69, 9.17) is 16.9 Å². The Morgan fingerprint density at radius 3 is 3.15 bits per heavy atom. The van der Waals surface area contributed by atoms with Crippen molar-refractivity contribution in [1.82, 2.24) is 0 Å². The van der Waals surface area contributed by atoms with E-state index in [0.717, 1.165) is 16.7 Å². The third-order valence-corrected chi connectivity index (χ3v) is 2.27. The number of rotatable bonds is 0. The van der Waals surface area contributed by atoms with Gasteiger partial charge in [-0.2, -0.15) is 0 Å². The summed E-state index contributed by atoms with van der Waals surface area (Å²) >= 11 is 0. The molecule has 1 heterocycles. The highest BCUT2D eigenvalue weighted by Crippen LogP contribution is 2.23. The lowest BCUT2D eigenvalue weighted by atomic mass is 9.97. The number of ether oxygens (including phenoxy) is 1. The zero-order chi connectivity index (χ0) is 9.26. The fourth-order valence-corrected chi connectivity index (χ4v) is 1.55. The van der Waals surface area contributed by atoms with Crippen LogP contribution >= 0.6 is 0 Å². The zero-order valence-electron chi connectivity index (χ0n) is 7.29. The maximum atomic E-state index is 5.88. The van der Waals surface area contributed by atoms with E-state index in [1.807, 2.05) is 18.2 Å². The summed E-state index contributed by atoms with van der Waals surface area (Å²) in [7, 11) is 0. The van der Waals surface area contributed by atoms with Crippen molar-refractivity contribution in [3.8, 4) is 12.3 Å². The minimum absolute atomic E-state index is 0.0305. The summed E-state index contributed by atoms with van der Waals surface area (Å²) < 4.78 is 5.31. The highest BCUT2D eigenvalue weighted by molar-refractivity contribution is 5.41. The maximum absolute atomic E-state index is 5.88. The number of benzene rings is 1. The molecule has 0 bridgehead atoms. The summed E-state index contributed by atoms with van der Waals surface area (Å²) in [4.78, 5) is 0. The number of fused-ring (bicyclic) bond motifs is 1. The zero-order valence-corrected chi connectivity index (χ0v) is 7.29. The first kappa shape index (κ1) is 8.31. The van der Waals surface area contributed by atoms with Crippen LogP contribution in [0.4, 0.5) is 0 Å². The van der Waals surface area contributed by atoms with Gasteiger partial charge in [0.1, 0.15) is 0 Å². The van der Waals surface area contributed by atoms with Crippen molar-refractivity contribution in [2.45, 2.75) is 12.6 Å². The predicted octanol–water partition coefficient (Wildman–Crippen LogP) is 1.20. The van der Waals surface area contributed by atoms with Gasteiger partial charge in [0.25, 0.3) is 0 Å². The quantitative estimate of drug-likeness (QED) is 0.598. The van der Waals surface area contributed by atoms with Crippen LogP contribution in [-0.2, 0) is 11.3 Å². The van der Waals surface area contributed by atoms with Crippen LogP contribution in [0.3, 0.4) is 0 Å². The number of nitrogens with two attached hydrogens (primary N) is 1. The van der Waals surface area contributed by atoms with Gasteiger partial charge in [0, 0.05) is 5.56 Å². The van der Waals surface area contributed by atoms with Gasteiger partial charge in [-0.25, -0.2) is 0 Å². The van der Waals surface area contributed by atoms with E-state index in [2.05, 4.69) is 5.92 Å². The lowest BCUT2D eigenvalue weighted by Gasteiger charge is -2.22. The van der Waals surface area contributed by atoms with Gasteiger partial charge in [0.15, 0.2) is 0 Å². The molecule has 1 aromatic rings. The van der Waals surface area contributed by atoms with Crippen LogP contribution in [0.1, 0.15) is 22.7 Å². The minimum atomic E-state index is -0.0305. The first-order valence-electron chi connectivity index (χ1n) is 4.24. The predicted molar refractivity (Wildman–Crippen MR) is 51.0 cm³/mol. The first-order chi connectivity index (χ1) is 6.31. The molecule has 0 amide bonds. The Balaban J connectivity index is 2.48. The Morgan fingerprint density at radius 1 is 1.54 bits per heavy atom. The van der Waals surface area contributed by atoms with E-state index in [1.54, 1.807) is 0 Å². The van der Waals surface area contributed by atoms with Gasteiger partial charge in [-0.3, -0.25) is 0 Å². The molecule has 0 aliphatic carbocycles. The molecule has 2 N–H and O–H groups in total. The van der Waals surface area contributed by atoms with Crippen molar-refractivity contribution in [2.24, 2.45) is 5.73 Å². The van der Waals surface area contributed by atoms with Crippen LogP contribution in [0.2, 0.25) is 0 Å². The molecule has 1 aromatic carbocycles. The summed E-state index contributed by atoms with van der Waals surface area (Å²) in [6.07, 6.45) is 5.31. The van der Waals surface area contributed by atoms with Crippen molar-refractivity contribution >= 4 is 0 Å². The van der Waals surface area contributed by atoms with Crippen molar-refractivity contribution in [3.63, 3.8) is 0 Å². The summed E-state index contributed by atoms with van der Waals surface area (Å²) in [5.41, 5.74) is 9.04. The molecule has 2 heteroatoms. The lowest BCUT2D eigenvalue weighted by molar-refractivity contribution is 0.0924. The summed E-state index contributed by atoms with van der Waals surface area (Å²) in [6, 6.07) is 5.85. The fourth-order valence-electron chi connectivity index (χ4n) is 1.55. The molecular weight excluding hydrogens is 162 g/mol. The van der Waals surface area contributed by atoms with Gasteiger partial charge in [-0.05, 0) is 23.3 Å². The van der Waals surface area contributed by atoms with Crippen LogP contribution in [0.5, 0.6) is 0 Å². The van der Waals surface area contributed by atoms with E-state index < -0.39 is 0 Å². The van der Waals surface area contributed by atoms with Crippen LogP contribution < -0.4 is 5.73 Å². The molecule has 0 saturated heterocycles. The second-order valence-corrected chi connectivity index (χ2v) is 3.18. The highest BCUT2D eigenvalue weighted by Gasteiger charge is 2.16. The van der Waals surface area contributed by atoms with Crippen LogP contribution in [0.15, 0.2) is 18.2 Å². The summed E-state index contributed by atoms with van der Waals surface area (Å²) in [6.45, 7) is 1.23. The number of hydrogen-bond acceptors (Lipinski definition) is 2. The van der Waals surface area contributed by atoms with Crippen molar-refractivity contribution in [1.29, 1.82) is 0 Å². The van der Waals surface area contributed by atoms with Gasteiger partial charge in [-0.1, -0.05) is 12.0 Å². The number of terminal acetylenes is 1. The van der Waals surface area contributed by atoms with Gasteiger partial charge in [0.05, 0.1) is 19.3 Å². The topological polar surface area (TPSA) is 35.2 Å². The molecule has 1 aliphatic heterocycles. The molecule has 1 atom stereocenters. The van der Waals surface area contributed by atoms with E-state index >= 15 is 0 Å². The molecule has 0 radical (unpaired) electrons. The van der Waals surface area contributed by atoms with Gasteiger partial charge in [0.2, 0.25) is 0 Å². The molecule has 0 aromatic heterocycles. The summed E-state index contributed by atoms with van der Waals surface area (Å²) in [5, 5.41) is 0. The van der Waals surface area contributed by atoms with Crippen LogP contribution in [-0.4, -0.2) is 6.61 Å². The maximum Gasteiger partial charge on any atom is 0.0721 e. The third kappa shape index (κ3) is 1.44. The van der Waals surface area contributed by atoms with Crippen molar-refractivity contribution in [3.05, 3.63) is 34.9 Å². The second kappa shape index (κ2) is 3.21. The van der Waals surface area contributed by atoms with Crippen LogP contribution in [0, 0.1) is 12.3 Å². The molecule has 66 valence electrons. The first-order valence-corrected chi connectivity index (χ1v) is 4.24. The molecule has 0 saturated carbocycles. The lowest BCUT2D eigenvalue weighted by Crippen LogP contribution is -2.23. The van der Waals surface area contributed by atoms with Crippen molar-refractivity contribution < 1.29 is 4.74 Å². The average Bonchev–Trinajstić information content (AvgIpc) is 2.18. The third-order valence-electron chi connectivity index (χ3n) is 2.27. The molecule has 0 unspecified atom stereocenters. The average molecular weight is 173 g/mol. The molecule has 2 nitrogen and oxygen atoms in total. The molecule has 13 heavy (non-hydrogen) atoms.